The van der Waals surface area contributed by atoms with Crippen molar-refractivity contribution < 1.29 is 19.4 Å². The third kappa shape index (κ3) is 5.00. The topological polar surface area (TPSA) is 67.8 Å². The summed E-state index contributed by atoms with van der Waals surface area (Å²) in [6, 6.07) is 15.2. The number of phenols is 1. The molecule has 0 spiro atoms. The third-order valence-corrected chi connectivity index (χ3v) is 6.27. The molecule has 0 saturated carbocycles. The van der Waals surface area contributed by atoms with Crippen LogP contribution in [0.25, 0.3) is 22.4 Å². The normalized spacial score (nSPS) is 14.1. The Kier molecular flexibility index (Phi) is 7.33. The van der Waals surface area contributed by atoms with E-state index in [2.05, 4.69) is 31.0 Å². The number of aryl methyl sites for hydroxylation is 1. The molecule has 0 radical (unpaired) electrons. The van der Waals surface area contributed by atoms with E-state index in [0.717, 1.165) is 46.7 Å². The molecule has 0 aliphatic heterocycles. The van der Waals surface area contributed by atoms with Crippen LogP contribution in [0, 0.1) is 6.92 Å². The maximum atomic E-state index is 13.4. The second-order valence-corrected chi connectivity index (χ2v) is 8.61. The molecule has 34 heavy (non-hydrogen) atoms. The largest absolute Gasteiger partial charge is 0.508 e. The van der Waals surface area contributed by atoms with E-state index in [0.29, 0.717) is 24.4 Å². The molecule has 0 aromatic heterocycles. The van der Waals surface area contributed by atoms with Gasteiger partial charge in [-0.3, -0.25) is 0 Å². The fourth-order valence-corrected chi connectivity index (χ4v) is 4.70. The van der Waals surface area contributed by atoms with E-state index in [1.54, 1.807) is 19.2 Å². The lowest BCUT2D eigenvalue weighted by atomic mass is 9.78. The number of phenolic OH excluding ortho intramolecular Hbond substituents is 1. The molecule has 0 saturated heterocycles. The fraction of sp³-hybridized carbons (Fsp3) is 0.276. The van der Waals surface area contributed by atoms with E-state index in [-0.39, 0.29) is 18.3 Å². The van der Waals surface area contributed by atoms with E-state index < -0.39 is 0 Å². The van der Waals surface area contributed by atoms with Gasteiger partial charge in [-0.15, -0.1) is 0 Å². The lowest BCUT2D eigenvalue weighted by Gasteiger charge is -2.26. The van der Waals surface area contributed by atoms with Gasteiger partial charge in [-0.05, 0) is 76.9 Å². The molecule has 176 valence electrons. The summed E-state index contributed by atoms with van der Waals surface area (Å²) in [6.07, 6.45) is 4.88. The molecule has 0 bridgehead atoms. The van der Waals surface area contributed by atoms with Gasteiger partial charge in [0.2, 0.25) is 0 Å². The van der Waals surface area contributed by atoms with Gasteiger partial charge in [-0.2, -0.15) is 0 Å². The minimum absolute atomic E-state index is 0.107. The summed E-state index contributed by atoms with van der Waals surface area (Å²) >= 11 is 0. The highest BCUT2D eigenvalue weighted by Gasteiger charge is 2.27. The van der Waals surface area contributed by atoms with Gasteiger partial charge in [0.25, 0.3) is 0 Å². The summed E-state index contributed by atoms with van der Waals surface area (Å²) in [4.78, 5) is 13.4. The van der Waals surface area contributed by atoms with Crippen LogP contribution in [0.15, 0.2) is 60.8 Å². The Bertz CT molecular complexity index is 1240. The summed E-state index contributed by atoms with van der Waals surface area (Å²) in [5.74, 6) is -0.0790. The standard InChI is InChI=1S/C29H31NO4/c1-19(30-15-16-33-3)18-34-29(32)28-25-9-5-4-8-24(25)20(2)27-22(7-6-10-26(27)28)17-21-11-13-23(31)14-12-21/h4-5,8-9,11-14,17,30-31H,1,6-7,10,15-16,18H2,2-3H3/b22-17+. The Balaban J connectivity index is 1.74. The van der Waals surface area contributed by atoms with Crippen LogP contribution in [0.3, 0.4) is 0 Å². The van der Waals surface area contributed by atoms with Crippen LogP contribution in [0.1, 0.15) is 45.5 Å². The van der Waals surface area contributed by atoms with E-state index in [4.69, 9.17) is 9.47 Å². The van der Waals surface area contributed by atoms with Gasteiger partial charge in [-0.25, -0.2) is 4.79 Å². The molecule has 0 unspecified atom stereocenters. The Morgan fingerprint density at radius 1 is 1.12 bits per heavy atom. The zero-order valence-electron chi connectivity index (χ0n) is 19.8. The Morgan fingerprint density at radius 3 is 2.59 bits per heavy atom. The maximum Gasteiger partial charge on any atom is 0.339 e. The van der Waals surface area contributed by atoms with E-state index in [1.807, 2.05) is 30.3 Å². The molecular weight excluding hydrogens is 426 g/mol. The smallest absolute Gasteiger partial charge is 0.339 e. The molecular formula is C29H31NO4. The number of ether oxygens (including phenoxy) is 2. The number of aromatic hydroxyl groups is 1. The van der Waals surface area contributed by atoms with Gasteiger partial charge in [0.15, 0.2) is 0 Å². The SMILES string of the molecule is C=C(COC(=O)c1c2c(c(C)c3ccccc13)/C(=C/c1ccc(O)cc1)CCC2)NCCOC. The van der Waals surface area contributed by atoms with Crippen LogP contribution in [-0.4, -0.2) is 37.9 Å². The van der Waals surface area contributed by atoms with Crippen LogP contribution in [-0.2, 0) is 15.9 Å². The van der Waals surface area contributed by atoms with Crippen LogP contribution >= 0.6 is 0 Å². The third-order valence-electron chi connectivity index (χ3n) is 6.27. The van der Waals surface area contributed by atoms with Gasteiger partial charge in [0, 0.05) is 19.4 Å². The fourth-order valence-electron chi connectivity index (χ4n) is 4.70. The average Bonchev–Trinajstić information content (AvgIpc) is 2.84. The Morgan fingerprint density at radius 2 is 1.85 bits per heavy atom. The summed E-state index contributed by atoms with van der Waals surface area (Å²) in [5.41, 5.74) is 6.89. The van der Waals surface area contributed by atoms with Crippen molar-refractivity contribution >= 4 is 28.4 Å². The van der Waals surface area contributed by atoms with E-state index >= 15 is 0 Å². The number of benzene rings is 3. The van der Waals surface area contributed by atoms with Crippen LogP contribution < -0.4 is 5.32 Å². The average molecular weight is 458 g/mol. The predicted molar refractivity (Wildman–Crippen MR) is 137 cm³/mol. The monoisotopic (exact) mass is 457 g/mol. The van der Waals surface area contributed by atoms with Crippen molar-refractivity contribution in [3.05, 3.63) is 88.6 Å². The first kappa shape index (κ1) is 23.6. The minimum atomic E-state index is -0.326. The molecule has 0 amide bonds. The molecule has 3 aromatic rings. The van der Waals surface area contributed by atoms with Gasteiger partial charge in [0.1, 0.15) is 12.4 Å². The lowest BCUT2D eigenvalue weighted by Crippen LogP contribution is -2.23. The minimum Gasteiger partial charge on any atom is -0.508 e. The van der Waals surface area contributed by atoms with Gasteiger partial charge in [0.05, 0.1) is 12.2 Å². The molecule has 2 N–H and O–H groups in total. The first-order valence-electron chi connectivity index (χ1n) is 11.6. The number of hydrogen-bond acceptors (Lipinski definition) is 5. The van der Waals surface area contributed by atoms with Crippen LogP contribution in [0.2, 0.25) is 0 Å². The maximum absolute atomic E-state index is 13.4. The zero-order valence-corrected chi connectivity index (χ0v) is 19.8. The van der Waals surface area contributed by atoms with Gasteiger partial charge in [-0.1, -0.05) is 49.1 Å². The number of carbonyl (C=O) groups is 1. The highest BCUT2D eigenvalue weighted by molar-refractivity contribution is 6.10. The molecule has 1 aliphatic rings. The number of methoxy groups -OCH3 is 1. The number of nitrogens with one attached hydrogen (secondary N) is 1. The second-order valence-electron chi connectivity index (χ2n) is 8.61. The number of carbonyl (C=O) groups excluding carboxylic acids is 1. The van der Waals surface area contributed by atoms with E-state index in [9.17, 15) is 9.90 Å². The summed E-state index contributed by atoms with van der Waals surface area (Å²) in [6.45, 7) is 7.36. The molecule has 0 fully saturated rings. The first-order chi connectivity index (χ1) is 16.5. The molecule has 5 nitrogen and oxygen atoms in total. The lowest BCUT2D eigenvalue weighted by molar-refractivity contribution is 0.0535. The number of fused-ring (bicyclic) bond motifs is 2. The molecule has 1 aliphatic carbocycles. The van der Waals surface area contributed by atoms with Crippen molar-refractivity contribution in [3.8, 4) is 5.75 Å². The van der Waals surface area contributed by atoms with Crippen molar-refractivity contribution in [2.45, 2.75) is 26.2 Å². The van der Waals surface area contributed by atoms with E-state index in [1.165, 1.54) is 11.1 Å². The van der Waals surface area contributed by atoms with Crippen molar-refractivity contribution in [1.29, 1.82) is 0 Å². The van der Waals surface area contributed by atoms with Crippen molar-refractivity contribution in [2.75, 3.05) is 26.9 Å². The van der Waals surface area contributed by atoms with Gasteiger partial charge < -0.3 is 19.9 Å². The van der Waals surface area contributed by atoms with Crippen molar-refractivity contribution in [3.63, 3.8) is 0 Å². The zero-order chi connectivity index (χ0) is 24.1. The summed E-state index contributed by atoms with van der Waals surface area (Å²) < 4.78 is 10.8. The number of rotatable bonds is 8. The highest BCUT2D eigenvalue weighted by Crippen LogP contribution is 2.41. The van der Waals surface area contributed by atoms with Gasteiger partial charge >= 0.3 is 5.97 Å². The quantitative estimate of drug-likeness (QED) is 0.339. The van der Waals surface area contributed by atoms with Crippen LogP contribution in [0.5, 0.6) is 5.75 Å². The molecule has 4 rings (SSSR count). The number of hydrogen-bond donors (Lipinski definition) is 2. The summed E-state index contributed by atoms with van der Waals surface area (Å²) in [7, 11) is 1.64. The molecule has 5 heteroatoms. The number of esters is 1. The second kappa shape index (κ2) is 10.6. The molecule has 0 heterocycles. The van der Waals surface area contributed by atoms with Crippen molar-refractivity contribution in [2.24, 2.45) is 0 Å². The summed E-state index contributed by atoms with van der Waals surface area (Å²) in [5, 5.41) is 14.7. The Labute approximate surface area is 200 Å². The first-order valence-corrected chi connectivity index (χ1v) is 11.6. The highest BCUT2D eigenvalue weighted by atomic mass is 16.5. The van der Waals surface area contributed by atoms with Crippen molar-refractivity contribution in [1.82, 2.24) is 5.32 Å². The van der Waals surface area contributed by atoms with Crippen LogP contribution in [0.4, 0.5) is 0 Å². The Hall–Kier alpha value is -3.57. The number of allylic oxidation sites excluding steroid dienone is 1. The predicted octanol–water partition coefficient (Wildman–Crippen LogP) is 5.64. The molecule has 0 atom stereocenters. The molecule has 3 aromatic carbocycles.